The van der Waals surface area contributed by atoms with E-state index in [1.807, 2.05) is 36.1 Å². The first-order valence-electron chi connectivity index (χ1n) is 9.48. The van der Waals surface area contributed by atoms with Crippen LogP contribution in [-0.2, 0) is 9.59 Å². The number of amides is 2. The van der Waals surface area contributed by atoms with Crippen LogP contribution < -0.4 is 15.0 Å². The van der Waals surface area contributed by atoms with Gasteiger partial charge in [0.05, 0.1) is 6.61 Å². The van der Waals surface area contributed by atoms with Gasteiger partial charge in [-0.2, -0.15) is 0 Å². The third kappa shape index (κ3) is 4.53. The summed E-state index contributed by atoms with van der Waals surface area (Å²) in [6.07, 6.45) is 6.08. The van der Waals surface area contributed by atoms with Gasteiger partial charge in [0.2, 0.25) is 11.8 Å². The van der Waals surface area contributed by atoms with Crippen molar-refractivity contribution < 1.29 is 14.3 Å². The first-order valence-corrected chi connectivity index (χ1v) is 9.48. The monoisotopic (exact) mass is 344 g/mol. The van der Waals surface area contributed by atoms with E-state index in [0.717, 1.165) is 37.1 Å². The number of nitrogens with zero attached hydrogens (tertiary/aromatic N) is 1. The maximum absolute atomic E-state index is 12.3. The molecule has 0 spiro atoms. The van der Waals surface area contributed by atoms with Crippen molar-refractivity contribution in [2.24, 2.45) is 11.8 Å². The molecule has 1 saturated carbocycles. The summed E-state index contributed by atoms with van der Waals surface area (Å²) in [6, 6.07) is 7.63. The minimum Gasteiger partial charge on any atom is -0.494 e. The van der Waals surface area contributed by atoms with Gasteiger partial charge < -0.3 is 15.0 Å². The van der Waals surface area contributed by atoms with E-state index in [0.29, 0.717) is 26.1 Å². The average Bonchev–Trinajstić information content (AvgIpc) is 3.02. The van der Waals surface area contributed by atoms with E-state index in [-0.39, 0.29) is 23.7 Å². The Labute approximate surface area is 149 Å². The van der Waals surface area contributed by atoms with Crippen LogP contribution in [0.1, 0.15) is 45.4 Å². The minimum absolute atomic E-state index is 0.126. The molecule has 2 amide bonds. The molecule has 0 radical (unpaired) electrons. The van der Waals surface area contributed by atoms with Crippen molar-refractivity contribution in [1.82, 2.24) is 5.32 Å². The molecule has 1 saturated heterocycles. The molecule has 1 aromatic rings. The molecule has 25 heavy (non-hydrogen) atoms. The summed E-state index contributed by atoms with van der Waals surface area (Å²) in [5.41, 5.74) is 0.898. The largest absolute Gasteiger partial charge is 0.494 e. The summed E-state index contributed by atoms with van der Waals surface area (Å²) in [6.45, 7) is 3.83. The second kappa shape index (κ2) is 8.37. The molecule has 1 N–H and O–H groups in total. The van der Waals surface area contributed by atoms with E-state index in [4.69, 9.17) is 4.74 Å². The highest BCUT2D eigenvalue weighted by molar-refractivity contribution is 5.95. The maximum Gasteiger partial charge on any atom is 0.227 e. The van der Waals surface area contributed by atoms with Gasteiger partial charge in [-0.25, -0.2) is 0 Å². The van der Waals surface area contributed by atoms with Crippen molar-refractivity contribution in [1.29, 1.82) is 0 Å². The number of benzene rings is 1. The molecule has 136 valence electrons. The van der Waals surface area contributed by atoms with Crippen molar-refractivity contribution in [2.75, 3.05) is 24.6 Å². The van der Waals surface area contributed by atoms with E-state index in [1.165, 1.54) is 6.42 Å². The number of anilines is 1. The second-order valence-electron chi connectivity index (χ2n) is 7.08. The summed E-state index contributed by atoms with van der Waals surface area (Å²) in [5, 5.41) is 3.07. The van der Waals surface area contributed by atoms with Crippen molar-refractivity contribution >= 4 is 17.5 Å². The quantitative estimate of drug-likeness (QED) is 0.862. The number of carbonyl (C=O) groups is 2. The van der Waals surface area contributed by atoms with Crippen LogP contribution in [0.4, 0.5) is 5.69 Å². The van der Waals surface area contributed by atoms with Gasteiger partial charge >= 0.3 is 0 Å². The Balaban J connectivity index is 1.50. The van der Waals surface area contributed by atoms with E-state index in [2.05, 4.69) is 5.32 Å². The molecule has 3 rings (SSSR count). The third-order valence-electron chi connectivity index (χ3n) is 5.21. The van der Waals surface area contributed by atoms with Crippen LogP contribution >= 0.6 is 0 Å². The normalized spacial score (nSPS) is 21.4. The molecule has 2 aliphatic rings. The fraction of sp³-hybridized carbons (Fsp3) is 0.600. The van der Waals surface area contributed by atoms with Crippen molar-refractivity contribution in [2.45, 2.75) is 45.4 Å². The number of carbonyl (C=O) groups excluding carboxylic acids is 2. The number of rotatable bonds is 6. The molecule has 1 atom stereocenters. The Hall–Kier alpha value is -2.04. The fourth-order valence-corrected chi connectivity index (χ4v) is 3.81. The number of hydrogen-bond acceptors (Lipinski definition) is 3. The summed E-state index contributed by atoms with van der Waals surface area (Å²) in [5.74, 6) is 1.47. The first kappa shape index (κ1) is 17.8. The molecule has 1 aromatic carbocycles. The van der Waals surface area contributed by atoms with Gasteiger partial charge in [-0.3, -0.25) is 9.59 Å². The molecule has 0 bridgehead atoms. The van der Waals surface area contributed by atoms with Crippen LogP contribution in [0.2, 0.25) is 0 Å². The SMILES string of the molecule is CCOc1ccc(N2CC(CNC(=O)C3CCCCC3)CC2=O)cc1. The third-order valence-corrected chi connectivity index (χ3v) is 5.21. The maximum atomic E-state index is 12.3. The van der Waals surface area contributed by atoms with E-state index >= 15 is 0 Å². The van der Waals surface area contributed by atoms with Gasteiger partial charge in [-0.1, -0.05) is 19.3 Å². The number of ether oxygens (including phenoxy) is 1. The zero-order valence-electron chi connectivity index (χ0n) is 15.0. The Morgan fingerprint density at radius 1 is 1.20 bits per heavy atom. The Kier molecular flexibility index (Phi) is 5.95. The standard InChI is InChI=1S/C20H28N2O3/c1-2-25-18-10-8-17(9-11-18)22-14-15(12-19(22)23)13-21-20(24)16-6-4-3-5-7-16/h8-11,15-16H,2-7,12-14H2,1H3,(H,21,24). The smallest absolute Gasteiger partial charge is 0.227 e. The van der Waals surface area contributed by atoms with Gasteiger partial charge in [0.15, 0.2) is 0 Å². The minimum atomic E-state index is 0.126. The summed E-state index contributed by atoms with van der Waals surface area (Å²) < 4.78 is 5.44. The molecular weight excluding hydrogens is 316 g/mol. The Morgan fingerprint density at radius 2 is 1.92 bits per heavy atom. The fourth-order valence-electron chi connectivity index (χ4n) is 3.81. The van der Waals surface area contributed by atoms with Gasteiger partial charge in [0, 0.05) is 37.0 Å². The lowest BCUT2D eigenvalue weighted by Gasteiger charge is -2.22. The van der Waals surface area contributed by atoms with Gasteiger partial charge in [0.1, 0.15) is 5.75 Å². The van der Waals surface area contributed by atoms with Crippen LogP contribution in [0.5, 0.6) is 5.75 Å². The summed E-state index contributed by atoms with van der Waals surface area (Å²) >= 11 is 0. The molecule has 1 unspecified atom stereocenters. The molecule has 5 nitrogen and oxygen atoms in total. The zero-order valence-corrected chi connectivity index (χ0v) is 15.0. The van der Waals surface area contributed by atoms with E-state index < -0.39 is 0 Å². The highest BCUT2D eigenvalue weighted by atomic mass is 16.5. The topological polar surface area (TPSA) is 58.6 Å². The van der Waals surface area contributed by atoms with Crippen LogP contribution in [0, 0.1) is 11.8 Å². The lowest BCUT2D eigenvalue weighted by molar-refractivity contribution is -0.126. The molecule has 0 aromatic heterocycles. The predicted molar refractivity (Wildman–Crippen MR) is 97.7 cm³/mol. The average molecular weight is 344 g/mol. The molecule has 2 fully saturated rings. The molecule has 1 aliphatic carbocycles. The zero-order chi connectivity index (χ0) is 17.6. The van der Waals surface area contributed by atoms with Crippen LogP contribution in [-0.4, -0.2) is 31.5 Å². The number of hydrogen-bond donors (Lipinski definition) is 1. The second-order valence-corrected chi connectivity index (χ2v) is 7.08. The molecule has 1 heterocycles. The number of nitrogens with one attached hydrogen (secondary N) is 1. The molecule has 5 heteroatoms. The van der Waals surface area contributed by atoms with Gasteiger partial charge in [0.25, 0.3) is 0 Å². The van der Waals surface area contributed by atoms with Gasteiger partial charge in [-0.15, -0.1) is 0 Å². The Morgan fingerprint density at radius 3 is 2.60 bits per heavy atom. The summed E-state index contributed by atoms with van der Waals surface area (Å²) in [4.78, 5) is 26.4. The Bertz CT molecular complexity index is 593. The van der Waals surface area contributed by atoms with Crippen molar-refractivity contribution in [3.8, 4) is 5.75 Å². The lowest BCUT2D eigenvalue weighted by atomic mass is 9.88. The molecular formula is C20H28N2O3. The summed E-state index contributed by atoms with van der Waals surface area (Å²) in [7, 11) is 0. The van der Waals surface area contributed by atoms with Gasteiger partial charge in [-0.05, 0) is 44.0 Å². The van der Waals surface area contributed by atoms with E-state index in [1.54, 1.807) is 0 Å². The predicted octanol–water partition coefficient (Wildman–Crippen LogP) is 3.13. The van der Waals surface area contributed by atoms with Crippen LogP contribution in [0.15, 0.2) is 24.3 Å². The van der Waals surface area contributed by atoms with Crippen molar-refractivity contribution in [3.63, 3.8) is 0 Å². The first-order chi connectivity index (χ1) is 12.2. The highest BCUT2D eigenvalue weighted by Crippen LogP contribution is 2.27. The molecule has 1 aliphatic heterocycles. The van der Waals surface area contributed by atoms with Crippen LogP contribution in [0.3, 0.4) is 0 Å². The lowest BCUT2D eigenvalue weighted by Crippen LogP contribution is -2.36. The van der Waals surface area contributed by atoms with Crippen LogP contribution in [0.25, 0.3) is 0 Å². The van der Waals surface area contributed by atoms with E-state index in [9.17, 15) is 9.59 Å². The van der Waals surface area contributed by atoms with Crippen molar-refractivity contribution in [3.05, 3.63) is 24.3 Å². The highest BCUT2D eigenvalue weighted by Gasteiger charge is 2.31.